The van der Waals surface area contributed by atoms with Crippen LogP contribution in [0.3, 0.4) is 0 Å². The quantitative estimate of drug-likeness (QED) is 0.364. The minimum Gasteiger partial charge on any atom is -0.395 e. The molecule has 0 bridgehead atoms. The third-order valence-corrected chi connectivity index (χ3v) is 6.70. The fraction of sp³-hybridized carbons (Fsp3) is 0.214. The van der Waals surface area contributed by atoms with Crippen LogP contribution >= 0.6 is 11.6 Å². The maximum atomic E-state index is 13.1. The van der Waals surface area contributed by atoms with Gasteiger partial charge in [0, 0.05) is 30.1 Å². The second-order valence-electron chi connectivity index (χ2n) is 9.01. The highest BCUT2D eigenvalue weighted by Crippen LogP contribution is 2.31. The van der Waals surface area contributed by atoms with Crippen LogP contribution in [0.5, 0.6) is 0 Å². The van der Waals surface area contributed by atoms with Crippen molar-refractivity contribution in [1.29, 1.82) is 0 Å². The Labute approximate surface area is 224 Å². The second kappa shape index (κ2) is 11.0. The summed E-state index contributed by atoms with van der Waals surface area (Å²) in [5, 5.41) is 23.4. The van der Waals surface area contributed by atoms with Crippen LogP contribution in [0.2, 0.25) is 5.02 Å². The third kappa shape index (κ3) is 5.25. The van der Waals surface area contributed by atoms with E-state index in [1.165, 1.54) is 9.25 Å². The fourth-order valence-electron chi connectivity index (χ4n) is 4.46. The predicted molar refractivity (Wildman–Crippen MR) is 147 cm³/mol. The molecule has 194 valence electrons. The normalized spacial score (nSPS) is 15.0. The first-order chi connectivity index (χ1) is 18.4. The average molecular weight is 531 g/mol. The van der Waals surface area contributed by atoms with Crippen LogP contribution in [0, 0.1) is 0 Å². The number of rotatable bonds is 8. The van der Waals surface area contributed by atoms with Gasteiger partial charge >= 0.3 is 5.69 Å². The Bertz CT molecular complexity index is 1510. The lowest BCUT2D eigenvalue weighted by Gasteiger charge is -2.15. The lowest BCUT2D eigenvalue weighted by molar-refractivity contribution is 0.0944. The summed E-state index contributed by atoms with van der Waals surface area (Å²) in [4.78, 5) is 25.1. The van der Waals surface area contributed by atoms with Crippen molar-refractivity contribution in [3.63, 3.8) is 0 Å². The summed E-state index contributed by atoms with van der Waals surface area (Å²) < 4.78 is 2.89. The van der Waals surface area contributed by atoms with Gasteiger partial charge in [0.05, 0.1) is 25.4 Å². The summed E-state index contributed by atoms with van der Waals surface area (Å²) in [6.07, 6.45) is 0. The molecule has 1 aliphatic heterocycles. The minimum absolute atomic E-state index is 0.0119. The number of aliphatic hydroxyl groups is 1. The molecule has 9 nitrogen and oxygen atoms in total. The molecule has 4 aromatic rings. The van der Waals surface area contributed by atoms with E-state index in [0.29, 0.717) is 23.1 Å². The lowest BCUT2D eigenvalue weighted by atomic mass is 9.91. The Balaban J connectivity index is 1.42. The van der Waals surface area contributed by atoms with Gasteiger partial charge < -0.3 is 10.4 Å². The molecule has 1 atom stereocenters. The van der Waals surface area contributed by atoms with E-state index in [1.54, 1.807) is 36.3 Å². The van der Waals surface area contributed by atoms with E-state index in [4.69, 9.17) is 21.8 Å². The Kier molecular flexibility index (Phi) is 7.39. The number of hydrazone groups is 1. The number of hydrogen-bond acceptors (Lipinski definition) is 6. The first-order valence-corrected chi connectivity index (χ1v) is 12.6. The Morgan fingerprint density at radius 3 is 2.45 bits per heavy atom. The van der Waals surface area contributed by atoms with E-state index >= 15 is 0 Å². The minimum atomic E-state index is -0.267. The van der Waals surface area contributed by atoms with Crippen LogP contribution < -0.4 is 16.0 Å². The van der Waals surface area contributed by atoms with E-state index in [9.17, 15) is 9.59 Å². The van der Waals surface area contributed by atoms with Crippen molar-refractivity contribution in [3.05, 3.63) is 117 Å². The topological polar surface area (TPSA) is 105 Å². The highest BCUT2D eigenvalue weighted by molar-refractivity contribution is 6.30. The maximum absolute atomic E-state index is 13.1. The van der Waals surface area contributed by atoms with Crippen LogP contribution in [0.1, 0.15) is 33.0 Å². The summed E-state index contributed by atoms with van der Waals surface area (Å²) in [6.45, 7) is 0.846. The molecule has 10 heteroatoms. The van der Waals surface area contributed by atoms with Crippen molar-refractivity contribution in [1.82, 2.24) is 19.7 Å². The number of carbonyl (C=O) groups excluding carboxylic acids is 1. The first kappa shape index (κ1) is 25.4. The number of aromatic nitrogens is 3. The van der Waals surface area contributed by atoms with E-state index in [2.05, 4.69) is 22.5 Å². The summed E-state index contributed by atoms with van der Waals surface area (Å²) in [5.74, 6) is 0.168. The number of nitrogens with zero attached hydrogens (tertiary/aromatic N) is 5. The summed E-state index contributed by atoms with van der Waals surface area (Å²) >= 11 is 6.12. The summed E-state index contributed by atoms with van der Waals surface area (Å²) in [7, 11) is 1.68. The van der Waals surface area contributed by atoms with Gasteiger partial charge in [-0.2, -0.15) is 5.10 Å². The van der Waals surface area contributed by atoms with Crippen molar-refractivity contribution in [3.8, 4) is 0 Å². The Morgan fingerprint density at radius 2 is 1.76 bits per heavy atom. The van der Waals surface area contributed by atoms with Crippen molar-refractivity contribution >= 4 is 29.2 Å². The fourth-order valence-corrected chi connectivity index (χ4v) is 4.59. The van der Waals surface area contributed by atoms with Crippen LogP contribution in [0.25, 0.3) is 0 Å². The van der Waals surface area contributed by atoms with Gasteiger partial charge in [0.15, 0.2) is 0 Å². The molecule has 3 aromatic carbocycles. The number of amides is 1. The van der Waals surface area contributed by atoms with E-state index < -0.39 is 0 Å². The van der Waals surface area contributed by atoms with Crippen LogP contribution in [0.4, 0.5) is 5.95 Å². The van der Waals surface area contributed by atoms with Gasteiger partial charge in [-0.3, -0.25) is 9.36 Å². The van der Waals surface area contributed by atoms with Gasteiger partial charge in [-0.25, -0.2) is 14.5 Å². The predicted octanol–water partition coefficient (Wildman–Crippen LogP) is 3.01. The molecule has 2 heterocycles. The number of carbonyl (C=O) groups is 1. The molecule has 0 saturated carbocycles. The van der Waals surface area contributed by atoms with Crippen molar-refractivity contribution in [2.24, 2.45) is 12.1 Å². The molecule has 38 heavy (non-hydrogen) atoms. The van der Waals surface area contributed by atoms with E-state index in [1.807, 2.05) is 42.5 Å². The monoisotopic (exact) mass is 530 g/mol. The van der Waals surface area contributed by atoms with Gasteiger partial charge in [-0.05, 0) is 41.0 Å². The molecule has 1 unspecified atom stereocenters. The zero-order valence-corrected chi connectivity index (χ0v) is 21.5. The highest BCUT2D eigenvalue weighted by Gasteiger charge is 2.32. The largest absolute Gasteiger partial charge is 0.395 e. The molecule has 0 fully saturated rings. The first-order valence-electron chi connectivity index (χ1n) is 12.2. The summed E-state index contributed by atoms with van der Waals surface area (Å²) in [5.41, 5.74) is 3.99. The Morgan fingerprint density at radius 1 is 1.05 bits per heavy atom. The van der Waals surface area contributed by atoms with Crippen LogP contribution in [-0.2, 0) is 13.6 Å². The number of anilines is 1. The van der Waals surface area contributed by atoms with E-state index in [-0.39, 0.29) is 37.2 Å². The Hall–Kier alpha value is -4.21. The highest BCUT2D eigenvalue weighted by atomic mass is 35.5. The molecule has 5 rings (SSSR count). The second-order valence-corrected chi connectivity index (χ2v) is 9.45. The van der Waals surface area contributed by atoms with E-state index in [0.717, 1.165) is 22.4 Å². The average Bonchev–Trinajstić information content (AvgIpc) is 3.50. The molecule has 0 spiro atoms. The smallest absolute Gasteiger partial charge is 0.347 e. The number of aliphatic hydroxyl groups excluding tert-OH is 1. The summed E-state index contributed by atoms with van der Waals surface area (Å²) in [6, 6.07) is 24.7. The molecule has 0 radical (unpaired) electrons. The van der Waals surface area contributed by atoms with Gasteiger partial charge in [0.1, 0.15) is 0 Å². The molecular weight excluding hydrogens is 504 g/mol. The van der Waals surface area contributed by atoms with Gasteiger partial charge in [-0.15, -0.1) is 5.10 Å². The standard InChI is InChI=1S/C28H27ClN6O3/c1-33-27(32-35(28(33)38)17-19-7-9-22(10-8-19)26(37)30-15-16-36)34-18-24(20-5-3-2-4-6-20)25(31-34)21-11-13-23(29)14-12-21/h2-14,24,36H,15-18H2,1H3,(H,30,37). The van der Waals surface area contributed by atoms with Gasteiger partial charge in [-0.1, -0.05) is 66.2 Å². The molecule has 0 aliphatic carbocycles. The van der Waals surface area contributed by atoms with Crippen LogP contribution in [-0.4, -0.2) is 50.8 Å². The number of benzene rings is 3. The molecule has 0 saturated heterocycles. The number of hydrogen-bond donors (Lipinski definition) is 2. The molecular formula is C28H27ClN6O3. The lowest BCUT2D eigenvalue weighted by Crippen LogP contribution is -2.26. The van der Waals surface area contributed by atoms with Crippen molar-refractivity contribution in [2.75, 3.05) is 24.7 Å². The zero-order valence-electron chi connectivity index (χ0n) is 20.8. The van der Waals surface area contributed by atoms with Crippen molar-refractivity contribution < 1.29 is 9.90 Å². The molecule has 1 aliphatic rings. The SMILES string of the molecule is Cn1c(N2CC(c3ccccc3)C(c3ccc(Cl)cc3)=N2)nn(Cc2ccc(C(=O)NCCO)cc2)c1=O. The number of halogens is 1. The third-order valence-electron chi connectivity index (χ3n) is 6.45. The molecule has 1 amide bonds. The van der Waals surface area contributed by atoms with Gasteiger partial charge in [0.2, 0.25) is 5.95 Å². The molecule has 2 N–H and O–H groups in total. The maximum Gasteiger partial charge on any atom is 0.347 e. The van der Waals surface area contributed by atoms with Crippen LogP contribution in [0.15, 0.2) is 88.8 Å². The number of nitrogens with one attached hydrogen (secondary N) is 1. The zero-order chi connectivity index (χ0) is 26.6. The van der Waals surface area contributed by atoms with Crippen molar-refractivity contribution in [2.45, 2.75) is 12.5 Å². The molecule has 1 aromatic heterocycles. The van der Waals surface area contributed by atoms with Gasteiger partial charge in [0.25, 0.3) is 5.91 Å².